The predicted molar refractivity (Wildman–Crippen MR) is 119 cm³/mol. The largest absolute Gasteiger partial charge is 0.496 e. The lowest BCUT2D eigenvalue weighted by atomic mass is 10.1. The number of ether oxygens (including phenoxy) is 1. The zero-order valence-electron chi connectivity index (χ0n) is 16.7. The Labute approximate surface area is 180 Å². The summed E-state index contributed by atoms with van der Waals surface area (Å²) in [4.78, 5) is 12.8. The van der Waals surface area contributed by atoms with Gasteiger partial charge < -0.3 is 10.1 Å². The number of anilines is 2. The summed E-state index contributed by atoms with van der Waals surface area (Å²) >= 11 is 6.07. The predicted octanol–water partition coefficient (Wildman–Crippen LogP) is 5.02. The molecule has 0 aliphatic heterocycles. The molecule has 0 atom stereocenters. The van der Waals surface area contributed by atoms with Crippen molar-refractivity contribution in [3.8, 4) is 5.75 Å². The van der Waals surface area contributed by atoms with E-state index in [0.29, 0.717) is 22.6 Å². The summed E-state index contributed by atoms with van der Waals surface area (Å²) in [6.45, 7) is 3.55. The third-order valence-corrected chi connectivity index (χ3v) is 6.29. The van der Waals surface area contributed by atoms with Crippen molar-refractivity contribution in [3.05, 3.63) is 82.4 Å². The Hall–Kier alpha value is -3.03. The van der Waals surface area contributed by atoms with Gasteiger partial charge in [0.25, 0.3) is 15.9 Å². The quantitative estimate of drug-likeness (QED) is 0.559. The summed E-state index contributed by atoms with van der Waals surface area (Å²) in [5, 5.41) is 3.02. The summed E-state index contributed by atoms with van der Waals surface area (Å²) in [5.74, 6) is 0.0280. The Morgan fingerprint density at radius 1 is 1.00 bits per heavy atom. The second-order valence-electron chi connectivity index (χ2n) is 6.72. The lowest BCUT2D eigenvalue weighted by molar-refractivity contribution is 0.102. The third-order valence-electron chi connectivity index (χ3n) is 4.45. The monoisotopic (exact) mass is 444 g/mol. The van der Waals surface area contributed by atoms with Crippen molar-refractivity contribution in [1.29, 1.82) is 0 Å². The molecule has 0 aliphatic rings. The summed E-state index contributed by atoms with van der Waals surface area (Å²) < 4.78 is 33.6. The van der Waals surface area contributed by atoms with Gasteiger partial charge in [0.1, 0.15) is 5.75 Å². The lowest BCUT2D eigenvalue weighted by Gasteiger charge is -2.14. The van der Waals surface area contributed by atoms with Crippen molar-refractivity contribution in [2.24, 2.45) is 0 Å². The average Bonchev–Trinajstić information content (AvgIpc) is 2.71. The topological polar surface area (TPSA) is 84.5 Å². The highest BCUT2D eigenvalue weighted by molar-refractivity contribution is 7.92. The van der Waals surface area contributed by atoms with Crippen LogP contribution in [0, 0.1) is 13.8 Å². The van der Waals surface area contributed by atoms with Crippen LogP contribution in [0.25, 0.3) is 0 Å². The highest BCUT2D eigenvalue weighted by Gasteiger charge is 2.20. The van der Waals surface area contributed by atoms with Crippen LogP contribution in [0.4, 0.5) is 11.4 Å². The first kappa shape index (κ1) is 21.7. The zero-order valence-corrected chi connectivity index (χ0v) is 18.3. The molecule has 8 heteroatoms. The fourth-order valence-electron chi connectivity index (χ4n) is 2.91. The average molecular weight is 445 g/mol. The van der Waals surface area contributed by atoms with E-state index < -0.39 is 15.9 Å². The molecule has 156 valence electrons. The first-order chi connectivity index (χ1) is 14.2. The molecular formula is C22H21ClN2O4S. The molecule has 0 aromatic heterocycles. The molecule has 0 saturated carbocycles. The van der Waals surface area contributed by atoms with E-state index in [-0.39, 0.29) is 15.6 Å². The van der Waals surface area contributed by atoms with Crippen LogP contribution in [-0.2, 0) is 10.0 Å². The number of para-hydroxylation sites is 1. The van der Waals surface area contributed by atoms with Crippen LogP contribution in [0.15, 0.2) is 65.6 Å². The first-order valence-corrected chi connectivity index (χ1v) is 10.9. The number of amides is 1. The number of carbonyl (C=O) groups excluding carboxylic acids is 1. The van der Waals surface area contributed by atoms with Crippen molar-refractivity contribution in [2.45, 2.75) is 18.7 Å². The van der Waals surface area contributed by atoms with Gasteiger partial charge in [-0.2, -0.15) is 0 Å². The minimum Gasteiger partial charge on any atom is -0.496 e. The zero-order chi connectivity index (χ0) is 21.9. The molecule has 3 aromatic rings. The number of halogens is 1. The van der Waals surface area contributed by atoms with Crippen LogP contribution in [0.2, 0.25) is 5.02 Å². The molecule has 0 aliphatic carbocycles. The summed E-state index contributed by atoms with van der Waals surface area (Å²) in [6, 6.07) is 16.5. The molecule has 3 aromatic carbocycles. The van der Waals surface area contributed by atoms with Gasteiger partial charge in [-0.25, -0.2) is 8.42 Å². The maximum atomic E-state index is 12.9. The Bertz CT molecular complexity index is 1210. The standard InChI is InChI=1S/C22H21ClN2O4S/c1-14-8-11-20(29-3)17(12-14)22(26)24-16-10-9-15(2)21(13-16)30(27,28)25-19-7-5-4-6-18(19)23/h4-13,25H,1-3H3,(H,24,26). The van der Waals surface area contributed by atoms with E-state index in [1.807, 2.05) is 13.0 Å². The highest BCUT2D eigenvalue weighted by Crippen LogP contribution is 2.27. The summed E-state index contributed by atoms with van der Waals surface area (Å²) in [5.41, 5.74) is 2.40. The molecule has 3 rings (SSSR count). The molecule has 1 amide bonds. The third kappa shape index (κ3) is 4.75. The van der Waals surface area contributed by atoms with E-state index in [0.717, 1.165) is 5.56 Å². The van der Waals surface area contributed by atoms with Crippen LogP contribution in [0.1, 0.15) is 21.5 Å². The maximum absolute atomic E-state index is 12.9. The van der Waals surface area contributed by atoms with Gasteiger partial charge in [0.2, 0.25) is 0 Å². The molecule has 2 N–H and O–H groups in total. The SMILES string of the molecule is COc1ccc(C)cc1C(=O)Nc1ccc(C)c(S(=O)(=O)Nc2ccccc2Cl)c1. The Morgan fingerprint density at radius 3 is 2.43 bits per heavy atom. The molecule has 6 nitrogen and oxygen atoms in total. The number of sulfonamides is 1. The fourth-order valence-corrected chi connectivity index (χ4v) is 4.50. The van der Waals surface area contributed by atoms with Gasteiger partial charge in [-0.15, -0.1) is 0 Å². The molecule has 30 heavy (non-hydrogen) atoms. The molecule has 0 bridgehead atoms. The van der Waals surface area contributed by atoms with Crippen molar-refractivity contribution in [1.82, 2.24) is 0 Å². The van der Waals surface area contributed by atoms with Gasteiger partial charge in [-0.05, 0) is 55.8 Å². The smallest absolute Gasteiger partial charge is 0.262 e. The van der Waals surface area contributed by atoms with Crippen LogP contribution in [0.3, 0.4) is 0 Å². The Kier molecular flexibility index (Phi) is 6.34. The molecular weight excluding hydrogens is 424 g/mol. The Balaban J connectivity index is 1.91. The van der Waals surface area contributed by atoms with E-state index >= 15 is 0 Å². The van der Waals surface area contributed by atoms with Gasteiger partial charge >= 0.3 is 0 Å². The van der Waals surface area contributed by atoms with Crippen molar-refractivity contribution < 1.29 is 17.9 Å². The van der Waals surface area contributed by atoms with E-state index in [9.17, 15) is 13.2 Å². The number of hydrogen-bond acceptors (Lipinski definition) is 4. The minimum absolute atomic E-state index is 0.0384. The van der Waals surface area contributed by atoms with Crippen LogP contribution < -0.4 is 14.8 Å². The van der Waals surface area contributed by atoms with E-state index in [2.05, 4.69) is 10.0 Å². The van der Waals surface area contributed by atoms with Gasteiger partial charge in [0.15, 0.2) is 0 Å². The van der Waals surface area contributed by atoms with E-state index in [4.69, 9.17) is 16.3 Å². The van der Waals surface area contributed by atoms with Crippen LogP contribution in [-0.4, -0.2) is 21.4 Å². The van der Waals surface area contributed by atoms with Gasteiger partial charge in [-0.1, -0.05) is 41.4 Å². The summed E-state index contributed by atoms with van der Waals surface area (Å²) in [6.07, 6.45) is 0. The minimum atomic E-state index is -3.92. The summed E-state index contributed by atoms with van der Waals surface area (Å²) in [7, 11) is -2.43. The molecule has 0 unspecified atom stereocenters. The molecule has 0 spiro atoms. The molecule has 0 radical (unpaired) electrons. The number of aryl methyl sites for hydroxylation is 2. The number of rotatable bonds is 6. The maximum Gasteiger partial charge on any atom is 0.262 e. The number of benzene rings is 3. The normalized spacial score (nSPS) is 11.1. The Morgan fingerprint density at radius 2 is 1.73 bits per heavy atom. The van der Waals surface area contributed by atoms with Crippen LogP contribution in [0.5, 0.6) is 5.75 Å². The molecule has 0 fully saturated rings. The first-order valence-electron chi connectivity index (χ1n) is 9.05. The number of methoxy groups -OCH3 is 1. The number of carbonyl (C=O) groups is 1. The van der Waals surface area contributed by atoms with Gasteiger partial charge in [0.05, 0.1) is 28.3 Å². The van der Waals surface area contributed by atoms with E-state index in [1.54, 1.807) is 55.5 Å². The lowest BCUT2D eigenvalue weighted by Crippen LogP contribution is -2.17. The van der Waals surface area contributed by atoms with Crippen LogP contribution >= 0.6 is 11.6 Å². The van der Waals surface area contributed by atoms with Crippen molar-refractivity contribution in [2.75, 3.05) is 17.1 Å². The van der Waals surface area contributed by atoms with Crippen molar-refractivity contribution in [3.63, 3.8) is 0 Å². The van der Waals surface area contributed by atoms with E-state index in [1.165, 1.54) is 13.2 Å². The van der Waals surface area contributed by atoms with Gasteiger partial charge in [0, 0.05) is 5.69 Å². The highest BCUT2D eigenvalue weighted by atomic mass is 35.5. The second kappa shape index (κ2) is 8.77. The van der Waals surface area contributed by atoms with Crippen molar-refractivity contribution >= 4 is 38.9 Å². The molecule has 0 heterocycles. The number of hydrogen-bond donors (Lipinski definition) is 2. The molecule has 0 saturated heterocycles. The van der Waals surface area contributed by atoms with Gasteiger partial charge in [-0.3, -0.25) is 9.52 Å². The second-order valence-corrected chi connectivity index (χ2v) is 8.78. The number of nitrogens with one attached hydrogen (secondary N) is 2. The fraction of sp³-hybridized carbons (Fsp3) is 0.136.